The second kappa shape index (κ2) is 7.16. The van der Waals surface area contributed by atoms with Gasteiger partial charge in [-0.25, -0.2) is 4.98 Å². The molecule has 0 amide bonds. The molecule has 0 saturated heterocycles. The second-order valence-electron chi connectivity index (χ2n) is 7.77. The molecule has 0 atom stereocenters. The van der Waals surface area contributed by atoms with Crippen LogP contribution in [-0.4, -0.2) is 44.1 Å². The maximum absolute atomic E-state index is 10.6. The predicted octanol–water partition coefficient (Wildman–Crippen LogP) is 4.08. The minimum Gasteiger partial charge on any atom is -0.507 e. The van der Waals surface area contributed by atoms with Crippen LogP contribution < -0.4 is 4.90 Å². The van der Waals surface area contributed by atoms with Gasteiger partial charge in [0.25, 0.3) is 6.01 Å². The van der Waals surface area contributed by atoms with Crippen LogP contribution in [0.2, 0.25) is 0 Å². The van der Waals surface area contributed by atoms with Crippen molar-refractivity contribution in [1.82, 2.24) is 19.7 Å². The Hall–Kier alpha value is -3.48. The van der Waals surface area contributed by atoms with Crippen molar-refractivity contribution in [3.8, 4) is 23.0 Å². The van der Waals surface area contributed by atoms with Gasteiger partial charge in [0.2, 0.25) is 0 Å². The van der Waals surface area contributed by atoms with Gasteiger partial charge >= 0.3 is 0 Å². The van der Waals surface area contributed by atoms with Gasteiger partial charge in [0.15, 0.2) is 0 Å². The Morgan fingerprint density at radius 1 is 1.10 bits per heavy atom. The number of hydrogen-bond donors (Lipinski definition) is 3. The molecule has 0 radical (unpaired) electrons. The smallest absolute Gasteiger partial charge is 0.294 e. The molecule has 2 aromatic heterocycles. The molecule has 7 heteroatoms. The summed E-state index contributed by atoms with van der Waals surface area (Å²) in [6, 6.07) is 11.6. The highest BCUT2D eigenvalue weighted by molar-refractivity contribution is 5.89. The number of aromatic nitrogens is 4. The SMILES string of the molecule is CC(C)c1n[nH]c2cc(O)c(-c3cnc(O)n3Cc3ccc(N(C)C)cc3)cc12. The number of aromatic hydroxyl groups is 2. The number of imidazole rings is 1. The summed E-state index contributed by atoms with van der Waals surface area (Å²) in [5.74, 6) is 0.357. The zero-order valence-electron chi connectivity index (χ0n) is 17.0. The largest absolute Gasteiger partial charge is 0.507 e. The van der Waals surface area contributed by atoms with Crippen molar-refractivity contribution in [1.29, 1.82) is 0 Å². The van der Waals surface area contributed by atoms with Gasteiger partial charge in [-0.2, -0.15) is 5.10 Å². The summed E-state index contributed by atoms with van der Waals surface area (Å²) in [6.45, 7) is 4.60. The molecule has 0 aliphatic rings. The Morgan fingerprint density at radius 3 is 2.48 bits per heavy atom. The van der Waals surface area contributed by atoms with Crippen LogP contribution >= 0.6 is 0 Å². The fourth-order valence-corrected chi connectivity index (χ4v) is 3.54. The molecule has 29 heavy (non-hydrogen) atoms. The van der Waals surface area contributed by atoms with Crippen LogP contribution in [0, 0.1) is 0 Å². The summed E-state index contributed by atoms with van der Waals surface area (Å²) in [4.78, 5) is 6.11. The lowest BCUT2D eigenvalue weighted by Crippen LogP contribution is -2.08. The second-order valence-corrected chi connectivity index (χ2v) is 7.77. The lowest BCUT2D eigenvalue weighted by Gasteiger charge is -2.14. The van der Waals surface area contributed by atoms with E-state index in [0.29, 0.717) is 17.8 Å². The van der Waals surface area contributed by atoms with E-state index >= 15 is 0 Å². The quantitative estimate of drug-likeness (QED) is 0.477. The van der Waals surface area contributed by atoms with Crippen LogP contribution in [0.4, 0.5) is 5.69 Å². The summed E-state index contributed by atoms with van der Waals surface area (Å²) in [7, 11) is 3.99. The van der Waals surface area contributed by atoms with Crippen LogP contribution in [0.1, 0.15) is 31.0 Å². The number of H-pyrrole nitrogens is 1. The first-order chi connectivity index (χ1) is 13.8. The molecule has 2 aromatic carbocycles. The lowest BCUT2D eigenvalue weighted by molar-refractivity contribution is 0.406. The summed E-state index contributed by atoms with van der Waals surface area (Å²) in [6.07, 6.45) is 1.58. The molecule has 0 fully saturated rings. The monoisotopic (exact) mass is 391 g/mol. The minimum atomic E-state index is -0.0903. The Kier molecular flexibility index (Phi) is 4.66. The fourth-order valence-electron chi connectivity index (χ4n) is 3.54. The first kappa shape index (κ1) is 18.9. The number of aromatic amines is 1. The molecule has 0 spiro atoms. The highest BCUT2D eigenvalue weighted by Crippen LogP contribution is 2.36. The van der Waals surface area contributed by atoms with Gasteiger partial charge in [-0.1, -0.05) is 26.0 Å². The molecule has 0 unspecified atom stereocenters. The summed E-state index contributed by atoms with van der Waals surface area (Å²) in [5, 5.41) is 29.3. The average molecular weight is 391 g/mol. The van der Waals surface area contributed by atoms with E-state index < -0.39 is 0 Å². The average Bonchev–Trinajstić information content (AvgIpc) is 3.25. The summed E-state index contributed by atoms with van der Waals surface area (Å²) >= 11 is 0. The number of anilines is 1. The molecule has 3 N–H and O–H groups in total. The van der Waals surface area contributed by atoms with Crippen molar-refractivity contribution in [2.45, 2.75) is 26.3 Å². The number of fused-ring (bicyclic) bond motifs is 1. The molecule has 0 aliphatic carbocycles. The number of rotatable bonds is 5. The third-order valence-electron chi connectivity index (χ3n) is 5.16. The number of phenolic OH excluding ortho intramolecular Hbond substituents is 1. The predicted molar refractivity (Wildman–Crippen MR) is 115 cm³/mol. The molecule has 7 nitrogen and oxygen atoms in total. The Balaban J connectivity index is 1.77. The first-order valence-corrected chi connectivity index (χ1v) is 9.57. The molecule has 150 valence electrons. The molecule has 0 saturated carbocycles. The zero-order chi connectivity index (χ0) is 20.7. The minimum absolute atomic E-state index is 0.0903. The molecule has 4 rings (SSSR count). The topological polar surface area (TPSA) is 90.2 Å². The van der Waals surface area contributed by atoms with Crippen molar-refractivity contribution in [2.24, 2.45) is 0 Å². The third-order valence-corrected chi connectivity index (χ3v) is 5.16. The van der Waals surface area contributed by atoms with Crippen LogP contribution in [-0.2, 0) is 6.54 Å². The number of benzene rings is 2. The molecular weight excluding hydrogens is 366 g/mol. The van der Waals surface area contributed by atoms with E-state index in [1.165, 1.54) is 0 Å². The maximum atomic E-state index is 10.6. The summed E-state index contributed by atoms with van der Waals surface area (Å²) in [5.41, 5.74) is 5.11. The van der Waals surface area contributed by atoms with Crippen LogP contribution in [0.25, 0.3) is 22.2 Å². The normalized spacial score (nSPS) is 11.5. The Bertz CT molecular complexity index is 1160. The van der Waals surface area contributed by atoms with Crippen LogP contribution in [0.3, 0.4) is 0 Å². The van der Waals surface area contributed by atoms with Crippen LogP contribution in [0.5, 0.6) is 11.8 Å². The lowest BCUT2D eigenvalue weighted by atomic mass is 10.0. The standard InChI is InChI=1S/C22H25N5O2/c1-13(2)21-16-9-17(20(28)10-18(16)24-25-21)19-11-23-22(29)27(19)12-14-5-7-15(8-6-14)26(3)4/h5-11,13,28H,12H2,1-4H3,(H,23,29)(H,24,25). The highest BCUT2D eigenvalue weighted by Gasteiger charge is 2.18. The van der Waals surface area contributed by atoms with Crippen molar-refractivity contribution < 1.29 is 10.2 Å². The van der Waals surface area contributed by atoms with Crippen LogP contribution in [0.15, 0.2) is 42.6 Å². The van der Waals surface area contributed by atoms with E-state index in [-0.39, 0.29) is 17.7 Å². The molecule has 4 aromatic rings. The van der Waals surface area contributed by atoms with Gasteiger partial charge in [-0.05, 0) is 29.7 Å². The molecule has 2 heterocycles. The van der Waals surface area contributed by atoms with E-state index in [4.69, 9.17) is 0 Å². The first-order valence-electron chi connectivity index (χ1n) is 9.57. The van der Waals surface area contributed by atoms with E-state index in [1.807, 2.05) is 49.3 Å². The van der Waals surface area contributed by atoms with Crippen molar-refractivity contribution in [3.05, 3.63) is 53.9 Å². The molecular formula is C22H25N5O2. The van der Waals surface area contributed by atoms with Gasteiger partial charge in [-0.3, -0.25) is 9.67 Å². The zero-order valence-corrected chi connectivity index (χ0v) is 17.0. The number of nitrogens with zero attached hydrogens (tertiary/aromatic N) is 4. The van der Waals surface area contributed by atoms with Gasteiger partial charge < -0.3 is 15.1 Å². The number of nitrogens with one attached hydrogen (secondary N) is 1. The molecule has 0 bridgehead atoms. The van der Waals surface area contributed by atoms with Crippen molar-refractivity contribution in [2.75, 3.05) is 19.0 Å². The van der Waals surface area contributed by atoms with E-state index in [0.717, 1.165) is 27.8 Å². The molecule has 0 aliphatic heterocycles. The third kappa shape index (κ3) is 3.40. The fraction of sp³-hybridized carbons (Fsp3) is 0.273. The Morgan fingerprint density at radius 2 is 1.83 bits per heavy atom. The van der Waals surface area contributed by atoms with Crippen molar-refractivity contribution in [3.63, 3.8) is 0 Å². The Labute approximate surface area is 169 Å². The van der Waals surface area contributed by atoms with E-state index in [2.05, 4.69) is 29.0 Å². The number of hydrogen-bond acceptors (Lipinski definition) is 5. The van der Waals surface area contributed by atoms with E-state index in [1.54, 1.807) is 16.8 Å². The summed E-state index contributed by atoms with van der Waals surface area (Å²) < 4.78 is 1.70. The van der Waals surface area contributed by atoms with Gasteiger partial charge in [-0.15, -0.1) is 0 Å². The highest BCUT2D eigenvalue weighted by atomic mass is 16.3. The number of phenols is 1. The van der Waals surface area contributed by atoms with Gasteiger partial charge in [0.1, 0.15) is 5.75 Å². The van der Waals surface area contributed by atoms with Gasteiger partial charge in [0, 0.05) is 36.8 Å². The van der Waals surface area contributed by atoms with Gasteiger partial charge in [0.05, 0.1) is 29.6 Å². The van der Waals surface area contributed by atoms with Crippen molar-refractivity contribution >= 4 is 16.6 Å². The maximum Gasteiger partial charge on any atom is 0.294 e. The van der Waals surface area contributed by atoms with E-state index in [9.17, 15) is 10.2 Å².